The Hall–Kier alpha value is -2.24. The van der Waals surface area contributed by atoms with E-state index in [9.17, 15) is 18.7 Å². The number of alkyl halides is 2. The minimum absolute atomic E-state index is 0.0164. The number of nitrogens with zero attached hydrogens (tertiary/aromatic N) is 3. The number of nitrogens with two attached hydrogens (primary N) is 1. The average Bonchev–Trinajstić information content (AvgIpc) is 2.79. The fourth-order valence-corrected chi connectivity index (χ4v) is 3.25. The van der Waals surface area contributed by atoms with Gasteiger partial charge in [-0.05, 0) is 19.0 Å². The molecule has 142 valence electrons. The number of aromatic nitrogens is 2. The number of anilines is 1. The third kappa shape index (κ3) is 3.24. The van der Waals surface area contributed by atoms with Gasteiger partial charge in [0.1, 0.15) is 18.0 Å². The van der Waals surface area contributed by atoms with Crippen molar-refractivity contribution in [1.82, 2.24) is 14.5 Å². The maximum atomic E-state index is 14.5. The highest BCUT2D eigenvalue weighted by Gasteiger charge is 2.59. The van der Waals surface area contributed by atoms with Crippen molar-refractivity contribution >= 4 is 17.7 Å². The van der Waals surface area contributed by atoms with Gasteiger partial charge in [-0.3, -0.25) is 9.47 Å². The molecule has 9 nitrogen and oxygen atoms in total. The van der Waals surface area contributed by atoms with Gasteiger partial charge in [0.25, 0.3) is 0 Å². The highest BCUT2D eigenvalue weighted by atomic mass is 19.3. The first-order valence-electron chi connectivity index (χ1n) is 8.10. The van der Waals surface area contributed by atoms with Crippen molar-refractivity contribution in [3.05, 3.63) is 22.7 Å². The van der Waals surface area contributed by atoms with E-state index in [1.807, 2.05) is 0 Å². The van der Waals surface area contributed by atoms with Gasteiger partial charge >= 0.3 is 11.6 Å². The molecule has 1 aromatic heterocycles. The zero-order chi connectivity index (χ0) is 19.1. The second kappa shape index (κ2) is 6.82. The summed E-state index contributed by atoms with van der Waals surface area (Å²) in [6, 6.07) is 1.20. The maximum Gasteiger partial charge on any atom is 0.351 e. The van der Waals surface area contributed by atoms with Gasteiger partial charge in [-0.2, -0.15) is 13.8 Å². The molecule has 0 radical (unpaired) electrons. The molecule has 0 amide bonds. The number of aliphatic hydroxyl groups excluding tert-OH is 1. The van der Waals surface area contributed by atoms with Gasteiger partial charge in [-0.1, -0.05) is 0 Å². The molecule has 1 aromatic rings. The Bertz CT molecular complexity index is 770. The van der Waals surface area contributed by atoms with Gasteiger partial charge in [0, 0.05) is 37.1 Å². The van der Waals surface area contributed by atoms with Crippen LogP contribution in [0.5, 0.6) is 0 Å². The van der Waals surface area contributed by atoms with Crippen LogP contribution >= 0.6 is 0 Å². The van der Waals surface area contributed by atoms with E-state index in [-0.39, 0.29) is 24.8 Å². The number of halogens is 2. The molecule has 1 unspecified atom stereocenters. The molecule has 3 rings (SSSR count). The molecule has 2 aliphatic rings. The molecule has 3 heterocycles. The fourth-order valence-electron chi connectivity index (χ4n) is 3.25. The van der Waals surface area contributed by atoms with Crippen LogP contribution in [-0.2, 0) is 4.74 Å². The van der Waals surface area contributed by atoms with E-state index in [2.05, 4.69) is 4.98 Å². The zero-order valence-electron chi connectivity index (χ0n) is 13.8. The third-order valence-corrected chi connectivity index (χ3v) is 4.72. The van der Waals surface area contributed by atoms with E-state index in [0.717, 1.165) is 6.20 Å². The topological polar surface area (TPSA) is 141 Å². The molecule has 2 saturated heterocycles. The quantitative estimate of drug-likeness (QED) is 0.537. The van der Waals surface area contributed by atoms with Crippen molar-refractivity contribution in [2.24, 2.45) is 5.92 Å². The van der Waals surface area contributed by atoms with Crippen LogP contribution in [-0.4, -0.2) is 69.2 Å². The molecule has 0 bridgehead atoms. The van der Waals surface area contributed by atoms with Crippen molar-refractivity contribution in [2.45, 2.75) is 30.8 Å². The van der Waals surface area contributed by atoms with E-state index in [1.165, 1.54) is 12.3 Å². The monoisotopic (exact) mass is 370 g/mol. The lowest BCUT2D eigenvalue weighted by molar-refractivity contribution is -0.140. The first kappa shape index (κ1) is 18.5. The molecule has 0 aromatic carbocycles. The zero-order valence-corrected chi connectivity index (χ0v) is 13.8. The molecule has 2 aliphatic heterocycles. The van der Waals surface area contributed by atoms with Crippen molar-refractivity contribution in [2.75, 3.05) is 25.4 Å². The van der Waals surface area contributed by atoms with Crippen LogP contribution in [0.4, 0.5) is 14.6 Å². The lowest BCUT2D eigenvalue weighted by Crippen LogP contribution is -2.48. The highest BCUT2D eigenvalue weighted by Crippen LogP contribution is 2.42. The minimum Gasteiger partial charge on any atom is -0.384 e. The summed E-state index contributed by atoms with van der Waals surface area (Å²) in [6.45, 7) is 0.693. The van der Waals surface area contributed by atoms with Gasteiger partial charge < -0.3 is 26.4 Å². The van der Waals surface area contributed by atoms with E-state index in [4.69, 9.17) is 21.3 Å². The maximum absolute atomic E-state index is 14.5. The van der Waals surface area contributed by atoms with Gasteiger partial charge in [0.05, 0.1) is 0 Å². The van der Waals surface area contributed by atoms with Gasteiger partial charge in [0.15, 0.2) is 0 Å². The van der Waals surface area contributed by atoms with Gasteiger partial charge in [-0.15, -0.1) is 0 Å². The van der Waals surface area contributed by atoms with Crippen molar-refractivity contribution in [3.8, 4) is 0 Å². The smallest absolute Gasteiger partial charge is 0.351 e. The van der Waals surface area contributed by atoms with Crippen LogP contribution in [0.25, 0.3) is 0 Å². The van der Waals surface area contributed by atoms with Crippen LogP contribution in [0.3, 0.4) is 0 Å². The van der Waals surface area contributed by atoms with Crippen LogP contribution in [0.1, 0.15) is 12.6 Å². The van der Waals surface area contributed by atoms with Crippen LogP contribution < -0.4 is 11.4 Å². The average molecular weight is 370 g/mol. The predicted octanol–water partition coefficient (Wildman–Crippen LogP) is -0.290. The van der Waals surface area contributed by atoms with E-state index in [0.29, 0.717) is 23.2 Å². The third-order valence-electron chi connectivity index (χ3n) is 4.72. The molecule has 2 fully saturated rings. The van der Waals surface area contributed by atoms with Gasteiger partial charge in [-0.25, -0.2) is 4.79 Å². The molecule has 0 spiro atoms. The Morgan fingerprint density at radius 2 is 2.27 bits per heavy atom. The number of ether oxygens (including phenoxy) is 1. The Morgan fingerprint density at radius 1 is 1.54 bits per heavy atom. The number of nitrogen functional groups attached to an aromatic ring is 1. The standard InChI is InChI=1S/C15H20F2N6O3/c16-15(17)12(24)10(7-22-3-1-8(5-18)9(19)6-22)26-13(15)23-4-2-11(20)21-14(23)25/h2,4-5,8,10,12-13,18-19,24H,1,3,6-7H2,(H2,20,21,25)/t8?,10-,12-,13-/m1/s1. The summed E-state index contributed by atoms with van der Waals surface area (Å²) in [7, 11) is 0. The lowest BCUT2D eigenvalue weighted by atomic mass is 9.95. The Kier molecular flexibility index (Phi) is 4.86. The Balaban J connectivity index is 1.75. The van der Waals surface area contributed by atoms with E-state index in [1.54, 1.807) is 4.90 Å². The molecular weight excluding hydrogens is 350 g/mol. The highest BCUT2D eigenvalue weighted by molar-refractivity contribution is 5.97. The van der Waals surface area contributed by atoms with Crippen LogP contribution in [0.15, 0.2) is 17.1 Å². The summed E-state index contributed by atoms with van der Waals surface area (Å²) in [5, 5.41) is 25.2. The normalized spacial score (nSPS) is 31.9. The minimum atomic E-state index is -3.69. The largest absolute Gasteiger partial charge is 0.384 e. The number of aliphatic hydroxyl groups is 1. The van der Waals surface area contributed by atoms with Crippen LogP contribution in [0, 0.1) is 16.7 Å². The van der Waals surface area contributed by atoms with Crippen molar-refractivity contribution in [3.63, 3.8) is 0 Å². The summed E-state index contributed by atoms with van der Waals surface area (Å²) in [4.78, 5) is 17.0. The van der Waals surface area contributed by atoms with Crippen molar-refractivity contribution in [1.29, 1.82) is 10.8 Å². The lowest BCUT2D eigenvalue weighted by Gasteiger charge is -2.32. The molecule has 26 heavy (non-hydrogen) atoms. The molecule has 0 aliphatic carbocycles. The second-order valence-corrected chi connectivity index (χ2v) is 6.51. The molecule has 4 atom stereocenters. The number of piperidine rings is 1. The first-order valence-corrected chi connectivity index (χ1v) is 8.10. The van der Waals surface area contributed by atoms with Crippen LogP contribution in [0.2, 0.25) is 0 Å². The molecule has 5 N–H and O–H groups in total. The Labute approximate surface area is 147 Å². The Morgan fingerprint density at radius 3 is 2.88 bits per heavy atom. The summed E-state index contributed by atoms with van der Waals surface area (Å²) < 4.78 is 34.9. The van der Waals surface area contributed by atoms with E-state index < -0.39 is 30.0 Å². The number of hydrogen-bond donors (Lipinski definition) is 4. The summed E-state index contributed by atoms with van der Waals surface area (Å²) in [5.74, 6) is -4.03. The number of rotatable bonds is 4. The molecular formula is C15H20F2N6O3. The SMILES string of the molecule is N=CC1CCN(C[C@H]2O[C@@H](n3ccc(N)nc3=O)C(F)(F)[C@@H]2O)CC1=N. The molecule has 11 heteroatoms. The fraction of sp³-hybridized carbons (Fsp3) is 0.600. The summed E-state index contributed by atoms with van der Waals surface area (Å²) >= 11 is 0. The number of likely N-dealkylation sites (tertiary alicyclic amines) is 1. The first-order chi connectivity index (χ1) is 12.2. The van der Waals surface area contributed by atoms with Crippen molar-refractivity contribution < 1.29 is 18.6 Å². The summed E-state index contributed by atoms with van der Waals surface area (Å²) in [6.07, 6.45) is -2.53. The molecule has 0 saturated carbocycles. The van der Waals surface area contributed by atoms with E-state index >= 15 is 0 Å². The van der Waals surface area contributed by atoms with Gasteiger partial charge in [0.2, 0.25) is 6.23 Å². The number of hydrogen-bond acceptors (Lipinski definition) is 8. The number of nitrogens with one attached hydrogen (secondary N) is 2. The predicted molar refractivity (Wildman–Crippen MR) is 88.8 cm³/mol. The second-order valence-electron chi connectivity index (χ2n) is 6.51. The summed E-state index contributed by atoms with van der Waals surface area (Å²) in [5.41, 5.74) is 4.69.